The summed E-state index contributed by atoms with van der Waals surface area (Å²) >= 11 is 0. The summed E-state index contributed by atoms with van der Waals surface area (Å²) in [5.41, 5.74) is 4.47. The SMILES string of the molecule is COC1CCC(C(=O)c2ccc3nc4c(cc3c2)CCC4)CC1. The molecule has 1 aromatic heterocycles. The highest BCUT2D eigenvalue weighted by molar-refractivity contribution is 6.01. The molecule has 0 N–H and O–H groups in total. The molecule has 1 heterocycles. The van der Waals surface area contributed by atoms with Crippen LogP contribution in [0.2, 0.25) is 0 Å². The Balaban J connectivity index is 1.59. The Morgan fingerprint density at radius 1 is 1.13 bits per heavy atom. The van der Waals surface area contributed by atoms with Crippen LogP contribution in [0.15, 0.2) is 24.3 Å². The highest BCUT2D eigenvalue weighted by atomic mass is 16.5. The summed E-state index contributed by atoms with van der Waals surface area (Å²) in [6.45, 7) is 0. The molecule has 4 rings (SSSR count). The lowest BCUT2D eigenvalue weighted by Crippen LogP contribution is -2.25. The number of Topliss-reactive ketones (excluding diaryl/α,β-unsaturated/α-hetero) is 1. The number of rotatable bonds is 3. The van der Waals surface area contributed by atoms with Crippen LogP contribution in [0.4, 0.5) is 0 Å². The number of pyridine rings is 1. The van der Waals surface area contributed by atoms with Crippen molar-refractivity contribution in [3.05, 3.63) is 41.1 Å². The number of benzene rings is 1. The summed E-state index contributed by atoms with van der Waals surface area (Å²) in [5, 5.41) is 1.11. The van der Waals surface area contributed by atoms with E-state index in [4.69, 9.17) is 9.72 Å². The fourth-order valence-corrected chi connectivity index (χ4v) is 4.09. The second-order valence-electron chi connectivity index (χ2n) is 6.93. The van der Waals surface area contributed by atoms with Crippen LogP contribution < -0.4 is 0 Å². The number of hydrogen-bond acceptors (Lipinski definition) is 3. The minimum atomic E-state index is 0.154. The van der Waals surface area contributed by atoms with E-state index in [-0.39, 0.29) is 5.92 Å². The zero-order valence-corrected chi connectivity index (χ0v) is 13.7. The van der Waals surface area contributed by atoms with Crippen molar-refractivity contribution in [2.75, 3.05) is 7.11 Å². The lowest BCUT2D eigenvalue weighted by atomic mass is 9.82. The molecule has 2 aromatic rings. The van der Waals surface area contributed by atoms with E-state index in [2.05, 4.69) is 6.07 Å². The van der Waals surface area contributed by atoms with Crippen LogP contribution in [0.3, 0.4) is 0 Å². The number of aromatic nitrogens is 1. The molecular formula is C20H23NO2. The second-order valence-corrected chi connectivity index (χ2v) is 6.93. The van der Waals surface area contributed by atoms with Gasteiger partial charge in [-0.3, -0.25) is 9.78 Å². The third-order valence-electron chi connectivity index (χ3n) is 5.51. The number of fused-ring (bicyclic) bond motifs is 2. The third kappa shape index (κ3) is 2.78. The second kappa shape index (κ2) is 6.04. The van der Waals surface area contributed by atoms with Crippen LogP contribution in [0.1, 0.15) is 53.7 Å². The van der Waals surface area contributed by atoms with Gasteiger partial charge in [0.2, 0.25) is 0 Å². The van der Waals surface area contributed by atoms with Crippen LogP contribution in [0.5, 0.6) is 0 Å². The number of carbonyl (C=O) groups is 1. The van der Waals surface area contributed by atoms with Gasteiger partial charge >= 0.3 is 0 Å². The maximum Gasteiger partial charge on any atom is 0.165 e. The Bertz CT molecular complexity index is 745. The third-order valence-corrected chi connectivity index (χ3v) is 5.51. The van der Waals surface area contributed by atoms with Crippen molar-refractivity contribution >= 4 is 16.7 Å². The summed E-state index contributed by atoms with van der Waals surface area (Å²) < 4.78 is 5.41. The van der Waals surface area contributed by atoms with E-state index in [0.717, 1.165) is 55.0 Å². The number of hydrogen-bond donors (Lipinski definition) is 0. The van der Waals surface area contributed by atoms with Gasteiger partial charge in [-0.1, -0.05) is 0 Å². The van der Waals surface area contributed by atoms with Crippen LogP contribution in [0.25, 0.3) is 10.9 Å². The van der Waals surface area contributed by atoms with Crippen LogP contribution in [-0.2, 0) is 17.6 Å². The molecule has 0 saturated heterocycles. The Labute approximate surface area is 137 Å². The standard InChI is InChI=1S/C20H23NO2/c1-23-17-8-5-13(6-9-17)20(22)15-7-10-19-16(12-15)11-14-3-2-4-18(14)21-19/h7,10-13,17H,2-6,8-9H2,1H3. The van der Waals surface area contributed by atoms with E-state index in [1.54, 1.807) is 7.11 Å². The smallest absolute Gasteiger partial charge is 0.165 e. The van der Waals surface area contributed by atoms with Crippen LogP contribution >= 0.6 is 0 Å². The van der Waals surface area contributed by atoms with Gasteiger partial charge in [-0.2, -0.15) is 0 Å². The lowest BCUT2D eigenvalue weighted by molar-refractivity contribution is 0.0519. The van der Waals surface area contributed by atoms with Gasteiger partial charge in [0.25, 0.3) is 0 Å². The van der Waals surface area contributed by atoms with Crippen molar-refractivity contribution in [3.63, 3.8) is 0 Å². The summed E-state index contributed by atoms with van der Waals surface area (Å²) in [7, 11) is 1.77. The maximum absolute atomic E-state index is 12.8. The molecular weight excluding hydrogens is 286 g/mol. The lowest BCUT2D eigenvalue weighted by Gasteiger charge is -2.26. The van der Waals surface area contributed by atoms with Gasteiger partial charge in [0.05, 0.1) is 11.6 Å². The average Bonchev–Trinajstić information content (AvgIpc) is 3.06. The average molecular weight is 309 g/mol. The van der Waals surface area contributed by atoms with Gasteiger partial charge in [0.1, 0.15) is 0 Å². The number of ketones is 1. The molecule has 0 spiro atoms. The van der Waals surface area contributed by atoms with Gasteiger partial charge in [-0.25, -0.2) is 0 Å². The highest BCUT2D eigenvalue weighted by Crippen LogP contribution is 2.30. The number of nitrogens with zero attached hydrogens (tertiary/aromatic N) is 1. The number of methoxy groups -OCH3 is 1. The molecule has 120 valence electrons. The first kappa shape index (κ1) is 14.8. The topological polar surface area (TPSA) is 39.2 Å². The van der Waals surface area contributed by atoms with Crippen molar-refractivity contribution < 1.29 is 9.53 Å². The summed E-state index contributed by atoms with van der Waals surface area (Å²) in [5.74, 6) is 0.447. The predicted molar refractivity (Wildman–Crippen MR) is 90.9 cm³/mol. The Hall–Kier alpha value is -1.74. The molecule has 2 aliphatic rings. The van der Waals surface area contributed by atoms with Gasteiger partial charge in [-0.15, -0.1) is 0 Å². The zero-order valence-electron chi connectivity index (χ0n) is 13.7. The van der Waals surface area contributed by atoms with E-state index in [9.17, 15) is 4.79 Å². The molecule has 1 fully saturated rings. The van der Waals surface area contributed by atoms with Crippen molar-refractivity contribution in [1.82, 2.24) is 4.98 Å². The molecule has 1 aromatic carbocycles. The van der Waals surface area contributed by atoms with Crippen LogP contribution in [-0.4, -0.2) is 24.0 Å². The van der Waals surface area contributed by atoms with E-state index < -0.39 is 0 Å². The molecule has 1 saturated carbocycles. The fraction of sp³-hybridized carbons (Fsp3) is 0.500. The molecule has 0 unspecified atom stereocenters. The molecule has 23 heavy (non-hydrogen) atoms. The summed E-state index contributed by atoms with van der Waals surface area (Å²) in [4.78, 5) is 17.6. The van der Waals surface area contributed by atoms with Crippen molar-refractivity contribution in [2.24, 2.45) is 5.92 Å². The van der Waals surface area contributed by atoms with Gasteiger partial charge in [0, 0.05) is 29.7 Å². The summed E-state index contributed by atoms with van der Waals surface area (Å²) in [6.07, 6.45) is 7.63. The fourth-order valence-electron chi connectivity index (χ4n) is 4.09. The molecule has 2 aliphatic carbocycles. The Morgan fingerprint density at radius 2 is 1.96 bits per heavy atom. The molecule has 3 heteroatoms. The van der Waals surface area contributed by atoms with Crippen LogP contribution in [0, 0.1) is 5.92 Å². The van der Waals surface area contributed by atoms with Crippen molar-refractivity contribution in [3.8, 4) is 0 Å². The molecule has 0 atom stereocenters. The van der Waals surface area contributed by atoms with Gasteiger partial charge < -0.3 is 4.74 Å². The monoisotopic (exact) mass is 309 g/mol. The largest absolute Gasteiger partial charge is 0.381 e. The molecule has 0 aliphatic heterocycles. The Kier molecular flexibility index (Phi) is 3.90. The van der Waals surface area contributed by atoms with E-state index in [0.29, 0.717) is 11.9 Å². The number of ether oxygens (including phenoxy) is 1. The number of carbonyl (C=O) groups excluding carboxylic acids is 1. The van der Waals surface area contributed by atoms with E-state index in [1.165, 1.54) is 17.7 Å². The quantitative estimate of drug-likeness (QED) is 0.801. The maximum atomic E-state index is 12.8. The Morgan fingerprint density at radius 3 is 2.74 bits per heavy atom. The van der Waals surface area contributed by atoms with Gasteiger partial charge in [0.15, 0.2) is 5.78 Å². The minimum absolute atomic E-state index is 0.154. The molecule has 0 amide bonds. The highest BCUT2D eigenvalue weighted by Gasteiger charge is 2.27. The molecule has 3 nitrogen and oxygen atoms in total. The first-order valence-electron chi connectivity index (χ1n) is 8.74. The number of aryl methyl sites for hydroxylation is 2. The van der Waals surface area contributed by atoms with E-state index in [1.807, 2.05) is 18.2 Å². The van der Waals surface area contributed by atoms with Crippen molar-refractivity contribution in [2.45, 2.75) is 51.0 Å². The first-order valence-corrected chi connectivity index (χ1v) is 8.74. The van der Waals surface area contributed by atoms with Gasteiger partial charge in [-0.05, 0) is 74.8 Å². The summed E-state index contributed by atoms with van der Waals surface area (Å²) in [6, 6.07) is 8.26. The normalized spacial score (nSPS) is 23.9. The van der Waals surface area contributed by atoms with Crippen molar-refractivity contribution in [1.29, 1.82) is 0 Å². The molecule has 0 bridgehead atoms. The minimum Gasteiger partial charge on any atom is -0.381 e. The van der Waals surface area contributed by atoms with E-state index >= 15 is 0 Å². The zero-order chi connectivity index (χ0) is 15.8. The predicted octanol–water partition coefficient (Wildman–Crippen LogP) is 4.11. The molecule has 0 radical (unpaired) electrons. The first-order chi connectivity index (χ1) is 11.2.